The minimum absolute atomic E-state index is 0.0287. The Morgan fingerprint density at radius 1 is 1.05 bits per heavy atom. The summed E-state index contributed by atoms with van der Waals surface area (Å²) in [6.45, 7) is 0.0731. The molecule has 8 heteroatoms. The molecule has 0 saturated heterocycles. The van der Waals surface area contributed by atoms with Gasteiger partial charge in [0.15, 0.2) is 11.5 Å². The molecule has 0 N–H and O–H groups in total. The number of nitrogens with zero attached hydrogens (tertiary/aromatic N) is 3. The lowest BCUT2D eigenvalue weighted by molar-refractivity contribution is 0.353. The van der Waals surface area contributed by atoms with E-state index >= 15 is 0 Å². The summed E-state index contributed by atoms with van der Waals surface area (Å²) in [7, 11) is -0.937. The Hall–Kier alpha value is -2.29. The summed E-state index contributed by atoms with van der Waals surface area (Å²) in [5, 5.41) is 17.3. The highest BCUT2D eigenvalue weighted by molar-refractivity contribution is 7.89. The average molecular weight is 323 g/mol. The lowest BCUT2D eigenvalue weighted by Gasteiger charge is -2.20. The second-order valence-corrected chi connectivity index (χ2v) is 6.18. The van der Waals surface area contributed by atoms with E-state index in [-0.39, 0.29) is 30.8 Å². The highest BCUT2D eigenvalue weighted by Crippen LogP contribution is 2.30. The molecule has 0 bridgehead atoms. The highest BCUT2D eigenvalue weighted by atomic mass is 32.2. The zero-order valence-electron chi connectivity index (χ0n) is 12.4. The SMILES string of the molecule is COc1ccc(S(=O)(=O)N(CCC#N)CCC#N)cc1OC. The van der Waals surface area contributed by atoms with Crippen LogP contribution in [0.25, 0.3) is 0 Å². The van der Waals surface area contributed by atoms with E-state index in [2.05, 4.69) is 0 Å². The van der Waals surface area contributed by atoms with Gasteiger partial charge in [-0.1, -0.05) is 0 Å². The van der Waals surface area contributed by atoms with E-state index in [4.69, 9.17) is 20.0 Å². The van der Waals surface area contributed by atoms with Gasteiger partial charge in [-0.15, -0.1) is 0 Å². The smallest absolute Gasteiger partial charge is 0.243 e. The molecule has 0 aliphatic rings. The molecular weight excluding hydrogens is 306 g/mol. The number of methoxy groups -OCH3 is 2. The van der Waals surface area contributed by atoms with Crippen LogP contribution in [0.3, 0.4) is 0 Å². The number of ether oxygens (including phenoxy) is 2. The van der Waals surface area contributed by atoms with Gasteiger partial charge in [-0.2, -0.15) is 14.8 Å². The third-order valence-corrected chi connectivity index (χ3v) is 4.83. The Morgan fingerprint density at radius 3 is 2.05 bits per heavy atom. The molecule has 0 aromatic heterocycles. The maximum atomic E-state index is 12.6. The maximum Gasteiger partial charge on any atom is 0.243 e. The van der Waals surface area contributed by atoms with Crippen LogP contribution < -0.4 is 9.47 Å². The van der Waals surface area contributed by atoms with E-state index in [1.54, 1.807) is 0 Å². The molecule has 7 nitrogen and oxygen atoms in total. The first-order valence-corrected chi connectivity index (χ1v) is 7.91. The van der Waals surface area contributed by atoms with Crippen molar-refractivity contribution in [2.45, 2.75) is 17.7 Å². The van der Waals surface area contributed by atoms with E-state index in [0.717, 1.165) is 4.31 Å². The average Bonchev–Trinajstić information content (AvgIpc) is 2.53. The molecule has 0 spiro atoms. The third kappa shape index (κ3) is 4.10. The minimum Gasteiger partial charge on any atom is -0.493 e. The summed E-state index contributed by atoms with van der Waals surface area (Å²) in [4.78, 5) is 0.0287. The van der Waals surface area contributed by atoms with Crippen LogP contribution in [0.4, 0.5) is 0 Å². The number of benzene rings is 1. The van der Waals surface area contributed by atoms with Gasteiger partial charge < -0.3 is 9.47 Å². The molecule has 1 aromatic rings. The van der Waals surface area contributed by atoms with Crippen molar-refractivity contribution >= 4 is 10.0 Å². The number of sulfonamides is 1. The fourth-order valence-corrected chi connectivity index (χ4v) is 3.29. The number of nitriles is 2. The number of rotatable bonds is 8. The standard InChI is InChI=1S/C14H17N3O4S/c1-20-13-6-5-12(11-14(13)21-2)22(18,19)17(9-3-7-15)10-4-8-16/h5-6,11H,3-4,9-10H2,1-2H3. The van der Waals surface area contributed by atoms with Crippen LogP contribution in [0.1, 0.15) is 12.8 Å². The molecule has 0 heterocycles. The zero-order chi connectivity index (χ0) is 16.6. The van der Waals surface area contributed by atoms with Crippen molar-refractivity contribution in [2.24, 2.45) is 0 Å². The fourth-order valence-electron chi connectivity index (χ4n) is 1.83. The van der Waals surface area contributed by atoms with Gasteiger partial charge in [-0.25, -0.2) is 8.42 Å². The molecule has 0 aliphatic heterocycles. The molecule has 22 heavy (non-hydrogen) atoms. The van der Waals surface area contributed by atoms with Crippen LogP contribution in [0.15, 0.2) is 23.1 Å². The Bertz CT molecular complexity index is 671. The summed E-state index contributed by atoms with van der Waals surface area (Å²) in [6, 6.07) is 8.08. The predicted octanol–water partition coefficient (Wildman–Crippen LogP) is 1.52. The second-order valence-electron chi connectivity index (χ2n) is 4.24. The number of hydrogen-bond donors (Lipinski definition) is 0. The Labute approximate surface area is 130 Å². The van der Waals surface area contributed by atoms with Gasteiger partial charge in [0, 0.05) is 32.0 Å². The van der Waals surface area contributed by atoms with Gasteiger partial charge in [0.05, 0.1) is 31.3 Å². The lowest BCUT2D eigenvalue weighted by atomic mass is 10.3. The van der Waals surface area contributed by atoms with Gasteiger partial charge in [-0.05, 0) is 12.1 Å². The highest BCUT2D eigenvalue weighted by Gasteiger charge is 2.25. The van der Waals surface area contributed by atoms with Crippen molar-refractivity contribution in [1.82, 2.24) is 4.31 Å². The van der Waals surface area contributed by atoms with Crippen LogP contribution in [-0.2, 0) is 10.0 Å². The lowest BCUT2D eigenvalue weighted by Crippen LogP contribution is -2.32. The first-order valence-electron chi connectivity index (χ1n) is 6.47. The van der Waals surface area contributed by atoms with Crippen molar-refractivity contribution in [3.63, 3.8) is 0 Å². The van der Waals surface area contributed by atoms with Crippen LogP contribution in [0.5, 0.6) is 11.5 Å². The van der Waals surface area contributed by atoms with Crippen LogP contribution >= 0.6 is 0 Å². The van der Waals surface area contributed by atoms with Gasteiger partial charge in [0.25, 0.3) is 0 Å². The summed E-state index contributed by atoms with van der Waals surface area (Å²) < 4.78 is 36.5. The van der Waals surface area contributed by atoms with Crippen molar-refractivity contribution in [3.8, 4) is 23.6 Å². The first kappa shape index (κ1) is 17.8. The topological polar surface area (TPSA) is 103 Å². The van der Waals surface area contributed by atoms with Crippen LogP contribution in [-0.4, -0.2) is 40.0 Å². The fraction of sp³-hybridized carbons (Fsp3) is 0.429. The molecule has 0 atom stereocenters. The van der Waals surface area contributed by atoms with Gasteiger partial charge in [-0.3, -0.25) is 0 Å². The van der Waals surface area contributed by atoms with Gasteiger partial charge in [0.2, 0.25) is 10.0 Å². The Balaban J connectivity index is 3.18. The molecule has 1 rings (SSSR count). The van der Waals surface area contributed by atoms with Gasteiger partial charge in [0.1, 0.15) is 0 Å². The number of hydrogen-bond acceptors (Lipinski definition) is 6. The van der Waals surface area contributed by atoms with Crippen molar-refractivity contribution in [1.29, 1.82) is 10.5 Å². The summed E-state index contributed by atoms with van der Waals surface area (Å²) in [5.41, 5.74) is 0. The monoisotopic (exact) mass is 323 g/mol. The quantitative estimate of drug-likeness (QED) is 0.718. The Kier molecular flexibility index (Phi) is 6.64. The molecule has 0 saturated carbocycles. The van der Waals surface area contributed by atoms with Gasteiger partial charge >= 0.3 is 0 Å². The molecule has 0 radical (unpaired) electrons. The van der Waals surface area contributed by atoms with Crippen molar-refractivity contribution in [3.05, 3.63) is 18.2 Å². The maximum absolute atomic E-state index is 12.6. The molecule has 1 aromatic carbocycles. The molecule has 0 fully saturated rings. The third-order valence-electron chi connectivity index (χ3n) is 2.94. The molecular formula is C14H17N3O4S. The minimum atomic E-state index is -3.81. The molecule has 0 amide bonds. The van der Waals surface area contributed by atoms with Crippen LogP contribution in [0.2, 0.25) is 0 Å². The summed E-state index contributed by atoms with van der Waals surface area (Å²) >= 11 is 0. The van der Waals surface area contributed by atoms with E-state index in [1.807, 2.05) is 12.1 Å². The molecule has 0 unspecified atom stereocenters. The van der Waals surface area contributed by atoms with Crippen molar-refractivity contribution in [2.75, 3.05) is 27.3 Å². The van der Waals surface area contributed by atoms with E-state index in [1.165, 1.54) is 32.4 Å². The second kappa shape index (κ2) is 8.23. The van der Waals surface area contributed by atoms with E-state index in [0.29, 0.717) is 11.5 Å². The van der Waals surface area contributed by atoms with Crippen LogP contribution in [0, 0.1) is 22.7 Å². The van der Waals surface area contributed by atoms with E-state index < -0.39 is 10.0 Å². The molecule has 118 valence electrons. The predicted molar refractivity (Wildman–Crippen MR) is 78.8 cm³/mol. The molecule has 0 aliphatic carbocycles. The normalized spacial score (nSPS) is 10.8. The Morgan fingerprint density at radius 2 is 1.59 bits per heavy atom. The van der Waals surface area contributed by atoms with E-state index in [9.17, 15) is 8.42 Å². The van der Waals surface area contributed by atoms with Crippen molar-refractivity contribution < 1.29 is 17.9 Å². The zero-order valence-corrected chi connectivity index (χ0v) is 13.3. The summed E-state index contributed by atoms with van der Waals surface area (Å²) in [6.07, 6.45) is 0.107. The summed E-state index contributed by atoms with van der Waals surface area (Å²) in [5.74, 6) is 0.714. The largest absolute Gasteiger partial charge is 0.493 e. The first-order chi connectivity index (χ1) is 10.5.